The van der Waals surface area contributed by atoms with Crippen LogP contribution in [0.3, 0.4) is 0 Å². The van der Waals surface area contributed by atoms with Gasteiger partial charge in [-0.3, -0.25) is 0 Å². The summed E-state index contributed by atoms with van der Waals surface area (Å²) in [5.41, 5.74) is 0. The lowest BCUT2D eigenvalue weighted by molar-refractivity contribution is 0.233. The second-order valence-electron chi connectivity index (χ2n) is 4.11. The molecule has 82 valence electrons. The monoisotopic (exact) mass is 209 g/mol. The average Bonchev–Trinajstić information content (AvgIpc) is 2.22. The molecule has 1 fully saturated rings. The summed E-state index contributed by atoms with van der Waals surface area (Å²) in [6, 6.07) is 3.37. The number of aromatic nitrogens is 1. The van der Waals surface area contributed by atoms with Gasteiger partial charge in [0.15, 0.2) is 0 Å². The molecule has 0 saturated carbocycles. The molecule has 1 aromatic rings. The van der Waals surface area contributed by atoms with Crippen molar-refractivity contribution in [2.24, 2.45) is 0 Å². The van der Waals surface area contributed by atoms with Crippen LogP contribution in [0.4, 0.5) is 10.2 Å². The van der Waals surface area contributed by atoms with Gasteiger partial charge in [0.1, 0.15) is 11.6 Å². The third-order valence-electron chi connectivity index (χ3n) is 2.99. The topological polar surface area (TPSA) is 19.4 Å². The molecule has 1 aliphatic heterocycles. The zero-order chi connectivity index (χ0) is 10.8. The molecular weight excluding hydrogens is 193 g/mol. The molecule has 4 heteroatoms. The second kappa shape index (κ2) is 4.14. The molecule has 0 aliphatic carbocycles. The van der Waals surface area contributed by atoms with Gasteiger partial charge in [0, 0.05) is 37.9 Å². The Labute approximate surface area is 89.5 Å². The van der Waals surface area contributed by atoms with Crippen molar-refractivity contribution in [2.45, 2.75) is 13.0 Å². The van der Waals surface area contributed by atoms with Crippen LogP contribution in [-0.2, 0) is 0 Å². The lowest BCUT2D eigenvalue weighted by atomic mass is 10.2. The van der Waals surface area contributed by atoms with Gasteiger partial charge in [-0.1, -0.05) is 0 Å². The molecule has 1 unspecified atom stereocenters. The van der Waals surface area contributed by atoms with Gasteiger partial charge in [0.25, 0.3) is 0 Å². The predicted octanol–water partition coefficient (Wildman–Crippen LogP) is 1.36. The molecule has 3 nitrogen and oxygen atoms in total. The summed E-state index contributed by atoms with van der Waals surface area (Å²) >= 11 is 0. The summed E-state index contributed by atoms with van der Waals surface area (Å²) in [6.07, 6.45) is 1.52. The van der Waals surface area contributed by atoms with E-state index < -0.39 is 0 Å². The first kappa shape index (κ1) is 10.4. The van der Waals surface area contributed by atoms with E-state index in [1.165, 1.54) is 18.3 Å². The Morgan fingerprint density at radius 3 is 2.93 bits per heavy atom. The second-order valence-corrected chi connectivity index (χ2v) is 4.11. The lowest BCUT2D eigenvalue weighted by Gasteiger charge is -2.38. The summed E-state index contributed by atoms with van der Waals surface area (Å²) < 4.78 is 13.0. The van der Waals surface area contributed by atoms with Crippen LogP contribution in [0, 0.1) is 5.82 Å². The lowest BCUT2D eigenvalue weighted by Crippen LogP contribution is -2.50. The highest BCUT2D eigenvalue weighted by Gasteiger charge is 2.21. The van der Waals surface area contributed by atoms with Gasteiger partial charge in [-0.05, 0) is 20.0 Å². The van der Waals surface area contributed by atoms with Gasteiger partial charge in [-0.2, -0.15) is 0 Å². The maximum atomic E-state index is 13.0. The van der Waals surface area contributed by atoms with Gasteiger partial charge in [0.05, 0.1) is 0 Å². The number of piperazine rings is 1. The molecular formula is C11H16FN3. The third-order valence-corrected chi connectivity index (χ3v) is 2.99. The fourth-order valence-corrected chi connectivity index (χ4v) is 1.82. The molecule has 0 radical (unpaired) electrons. The summed E-state index contributed by atoms with van der Waals surface area (Å²) in [7, 11) is 2.11. The van der Waals surface area contributed by atoms with E-state index in [2.05, 4.69) is 28.8 Å². The van der Waals surface area contributed by atoms with Crippen molar-refractivity contribution in [1.29, 1.82) is 0 Å². The van der Waals surface area contributed by atoms with E-state index in [1.54, 1.807) is 0 Å². The first-order chi connectivity index (χ1) is 7.16. The van der Waals surface area contributed by atoms with E-state index in [4.69, 9.17) is 0 Å². The smallest absolute Gasteiger partial charge is 0.131 e. The van der Waals surface area contributed by atoms with E-state index in [0.29, 0.717) is 6.04 Å². The van der Waals surface area contributed by atoms with E-state index in [9.17, 15) is 4.39 Å². The molecule has 1 aromatic heterocycles. The molecule has 0 amide bonds. The summed E-state index contributed by atoms with van der Waals surface area (Å²) in [4.78, 5) is 8.62. The standard InChI is InChI=1S/C11H16FN3/c1-9-8-15(6-5-14(9)2)11-7-10(12)3-4-13-11/h3-4,7,9H,5-6,8H2,1-2H3. The van der Waals surface area contributed by atoms with Crippen LogP contribution in [0.2, 0.25) is 0 Å². The zero-order valence-electron chi connectivity index (χ0n) is 9.15. The molecule has 1 atom stereocenters. The molecule has 1 saturated heterocycles. The number of anilines is 1. The minimum absolute atomic E-state index is 0.216. The fourth-order valence-electron chi connectivity index (χ4n) is 1.82. The minimum Gasteiger partial charge on any atom is -0.354 e. The van der Waals surface area contributed by atoms with Crippen LogP contribution in [-0.4, -0.2) is 42.6 Å². The number of hydrogen-bond acceptors (Lipinski definition) is 3. The molecule has 2 rings (SSSR count). The predicted molar refractivity (Wildman–Crippen MR) is 58.5 cm³/mol. The van der Waals surface area contributed by atoms with Gasteiger partial charge in [-0.15, -0.1) is 0 Å². The summed E-state index contributed by atoms with van der Waals surface area (Å²) in [6.45, 7) is 5.00. The Morgan fingerprint density at radius 1 is 1.47 bits per heavy atom. The highest BCUT2D eigenvalue weighted by molar-refractivity contribution is 5.39. The number of likely N-dealkylation sites (N-methyl/N-ethyl adjacent to an activating group) is 1. The normalized spacial score (nSPS) is 23.1. The van der Waals surface area contributed by atoms with E-state index in [0.717, 1.165) is 25.5 Å². The van der Waals surface area contributed by atoms with Crippen LogP contribution in [0.15, 0.2) is 18.3 Å². The molecule has 15 heavy (non-hydrogen) atoms. The fraction of sp³-hybridized carbons (Fsp3) is 0.545. The summed E-state index contributed by atoms with van der Waals surface area (Å²) in [5, 5.41) is 0. The van der Waals surface area contributed by atoms with E-state index in [1.807, 2.05) is 0 Å². The Bertz CT molecular complexity index is 342. The number of pyridine rings is 1. The van der Waals surface area contributed by atoms with Gasteiger partial charge in [0.2, 0.25) is 0 Å². The van der Waals surface area contributed by atoms with Crippen LogP contribution in [0.5, 0.6) is 0 Å². The summed E-state index contributed by atoms with van der Waals surface area (Å²) in [5.74, 6) is 0.529. The zero-order valence-corrected chi connectivity index (χ0v) is 9.15. The largest absolute Gasteiger partial charge is 0.354 e. The highest BCUT2D eigenvalue weighted by Crippen LogP contribution is 2.16. The van der Waals surface area contributed by atoms with Gasteiger partial charge < -0.3 is 9.80 Å². The van der Waals surface area contributed by atoms with Crippen LogP contribution < -0.4 is 4.90 Å². The molecule has 0 N–H and O–H groups in total. The van der Waals surface area contributed by atoms with E-state index in [-0.39, 0.29) is 5.82 Å². The average molecular weight is 209 g/mol. The Balaban J connectivity index is 2.12. The van der Waals surface area contributed by atoms with Crippen molar-refractivity contribution in [3.8, 4) is 0 Å². The Hall–Kier alpha value is -1.16. The third kappa shape index (κ3) is 2.26. The first-order valence-electron chi connectivity index (χ1n) is 5.23. The Kier molecular flexibility index (Phi) is 2.86. The van der Waals surface area contributed by atoms with Crippen molar-refractivity contribution in [3.63, 3.8) is 0 Å². The van der Waals surface area contributed by atoms with Crippen molar-refractivity contribution in [1.82, 2.24) is 9.88 Å². The number of nitrogens with zero attached hydrogens (tertiary/aromatic N) is 3. The number of halogens is 1. The van der Waals surface area contributed by atoms with Crippen LogP contribution in [0.1, 0.15) is 6.92 Å². The maximum Gasteiger partial charge on any atom is 0.131 e. The molecule has 0 spiro atoms. The van der Waals surface area contributed by atoms with Crippen molar-refractivity contribution >= 4 is 5.82 Å². The van der Waals surface area contributed by atoms with Crippen molar-refractivity contribution in [3.05, 3.63) is 24.1 Å². The van der Waals surface area contributed by atoms with E-state index >= 15 is 0 Å². The minimum atomic E-state index is -0.216. The maximum absolute atomic E-state index is 13.0. The molecule has 1 aliphatic rings. The van der Waals surface area contributed by atoms with Crippen molar-refractivity contribution in [2.75, 3.05) is 31.6 Å². The number of rotatable bonds is 1. The van der Waals surface area contributed by atoms with Crippen molar-refractivity contribution < 1.29 is 4.39 Å². The quantitative estimate of drug-likeness (QED) is 0.696. The first-order valence-corrected chi connectivity index (χ1v) is 5.23. The molecule has 0 bridgehead atoms. The number of hydrogen-bond donors (Lipinski definition) is 0. The molecule has 2 heterocycles. The Morgan fingerprint density at radius 2 is 2.27 bits per heavy atom. The van der Waals surface area contributed by atoms with Gasteiger partial charge in [-0.25, -0.2) is 9.37 Å². The molecule has 0 aromatic carbocycles. The van der Waals surface area contributed by atoms with Crippen LogP contribution >= 0.6 is 0 Å². The highest BCUT2D eigenvalue weighted by atomic mass is 19.1. The van der Waals surface area contributed by atoms with Crippen LogP contribution in [0.25, 0.3) is 0 Å². The SMILES string of the molecule is CC1CN(c2cc(F)ccn2)CCN1C. The van der Waals surface area contributed by atoms with Gasteiger partial charge >= 0.3 is 0 Å².